The van der Waals surface area contributed by atoms with E-state index in [9.17, 15) is 10.1 Å². The van der Waals surface area contributed by atoms with Gasteiger partial charge in [-0.2, -0.15) is 0 Å². The molecule has 5 heteroatoms. The molecular formula is C12H14N2O3. The standard InChI is InChI=1S/C12H14N2O3/c15-14(16)11-3-1-10(2-4-11)13-7-5-12(9-13)6-8-17-12/h1-4H,5-9H2/t12-/m1/s1. The Labute approximate surface area is 99.1 Å². The van der Waals surface area contributed by atoms with E-state index in [0.29, 0.717) is 0 Å². The summed E-state index contributed by atoms with van der Waals surface area (Å²) in [5.74, 6) is 0. The molecule has 1 aromatic carbocycles. The molecule has 0 saturated carbocycles. The van der Waals surface area contributed by atoms with Crippen LogP contribution in [0, 0.1) is 10.1 Å². The Morgan fingerprint density at radius 1 is 1.29 bits per heavy atom. The molecule has 2 aliphatic heterocycles. The number of hydrogen-bond acceptors (Lipinski definition) is 4. The summed E-state index contributed by atoms with van der Waals surface area (Å²) in [6.45, 7) is 2.75. The molecule has 5 nitrogen and oxygen atoms in total. The fraction of sp³-hybridized carbons (Fsp3) is 0.500. The highest BCUT2D eigenvalue weighted by Crippen LogP contribution is 2.38. The summed E-state index contributed by atoms with van der Waals surface area (Å²) < 4.78 is 5.64. The number of hydrogen-bond donors (Lipinski definition) is 0. The summed E-state index contributed by atoms with van der Waals surface area (Å²) in [5.41, 5.74) is 1.26. The number of nitro groups is 1. The SMILES string of the molecule is O=[N+]([O-])c1ccc(N2CC[C@@]3(CCO3)C2)cc1. The van der Waals surface area contributed by atoms with Crippen molar-refractivity contribution in [3.63, 3.8) is 0 Å². The number of benzene rings is 1. The maximum Gasteiger partial charge on any atom is 0.269 e. The highest BCUT2D eigenvalue weighted by atomic mass is 16.6. The number of anilines is 1. The van der Waals surface area contributed by atoms with Gasteiger partial charge >= 0.3 is 0 Å². The van der Waals surface area contributed by atoms with Crippen LogP contribution in [0.4, 0.5) is 11.4 Å². The number of rotatable bonds is 2. The maximum atomic E-state index is 10.6. The molecule has 0 radical (unpaired) electrons. The van der Waals surface area contributed by atoms with Crippen molar-refractivity contribution in [2.24, 2.45) is 0 Å². The predicted octanol–water partition coefficient (Wildman–Crippen LogP) is 1.96. The second-order valence-corrected chi connectivity index (χ2v) is 4.73. The number of nitrogens with zero attached hydrogens (tertiary/aromatic N) is 2. The molecule has 0 bridgehead atoms. The average molecular weight is 234 g/mol. The van der Waals surface area contributed by atoms with Crippen LogP contribution in [-0.4, -0.2) is 30.2 Å². The molecule has 90 valence electrons. The minimum absolute atomic E-state index is 0.0712. The third-order valence-corrected chi connectivity index (χ3v) is 3.71. The predicted molar refractivity (Wildman–Crippen MR) is 63.2 cm³/mol. The van der Waals surface area contributed by atoms with Crippen LogP contribution in [0.1, 0.15) is 12.8 Å². The molecule has 0 aromatic heterocycles. The van der Waals surface area contributed by atoms with E-state index in [1.807, 2.05) is 12.1 Å². The van der Waals surface area contributed by atoms with Crippen molar-refractivity contribution in [2.75, 3.05) is 24.6 Å². The molecule has 0 N–H and O–H groups in total. The summed E-state index contributed by atoms with van der Waals surface area (Å²) in [7, 11) is 0. The van der Waals surface area contributed by atoms with Gasteiger partial charge in [0.05, 0.1) is 17.1 Å². The van der Waals surface area contributed by atoms with Crippen LogP contribution in [0.5, 0.6) is 0 Å². The molecule has 1 spiro atoms. The molecule has 0 amide bonds. The van der Waals surface area contributed by atoms with Gasteiger partial charge in [-0.25, -0.2) is 0 Å². The molecule has 0 aliphatic carbocycles. The Morgan fingerprint density at radius 3 is 2.47 bits per heavy atom. The van der Waals surface area contributed by atoms with Crippen LogP contribution >= 0.6 is 0 Å². The van der Waals surface area contributed by atoms with Gasteiger partial charge in [-0.05, 0) is 18.6 Å². The molecule has 3 rings (SSSR count). The van der Waals surface area contributed by atoms with Gasteiger partial charge in [0.15, 0.2) is 0 Å². The first kappa shape index (κ1) is 10.5. The van der Waals surface area contributed by atoms with Crippen LogP contribution in [0.2, 0.25) is 0 Å². The van der Waals surface area contributed by atoms with Gasteiger partial charge in [-0.1, -0.05) is 0 Å². The van der Waals surface area contributed by atoms with Gasteiger partial charge in [0.25, 0.3) is 5.69 Å². The molecule has 1 aromatic rings. The second-order valence-electron chi connectivity index (χ2n) is 4.73. The fourth-order valence-corrected chi connectivity index (χ4v) is 2.56. The zero-order valence-corrected chi connectivity index (χ0v) is 9.46. The Balaban J connectivity index is 1.74. The van der Waals surface area contributed by atoms with E-state index in [0.717, 1.165) is 38.2 Å². The van der Waals surface area contributed by atoms with Gasteiger partial charge in [0.1, 0.15) is 0 Å². The monoisotopic (exact) mass is 234 g/mol. The third kappa shape index (κ3) is 1.76. The third-order valence-electron chi connectivity index (χ3n) is 3.71. The normalized spacial score (nSPS) is 27.2. The smallest absolute Gasteiger partial charge is 0.269 e. The van der Waals surface area contributed by atoms with Crippen LogP contribution in [0.25, 0.3) is 0 Å². The first-order valence-corrected chi connectivity index (χ1v) is 5.82. The summed E-state index contributed by atoms with van der Waals surface area (Å²) in [6, 6.07) is 6.75. The quantitative estimate of drug-likeness (QED) is 0.580. The van der Waals surface area contributed by atoms with E-state index >= 15 is 0 Å². The van der Waals surface area contributed by atoms with Crippen LogP contribution in [-0.2, 0) is 4.74 Å². The van der Waals surface area contributed by atoms with Gasteiger partial charge in [-0.3, -0.25) is 10.1 Å². The molecule has 1 atom stereocenters. The van der Waals surface area contributed by atoms with Crippen LogP contribution in [0.3, 0.4) is 0 Å². The lowest BCUT2D eigenvalue weighted by Gasteiger charge is -2.38. The van der Waals surface area contributed by atoms with E-state index in [2.05, 4.69) is 4.90 Å². The number of ether oxygens (including phenoxy) is 1. The minimum atomic E-state index is -0.371. The van der Waals surface area contributed by atoms with E-state index in [1.54, 1.807) is 12.1 Å². The first-order valence-electron chi connectivity index (χ1n) is 5.82. The number of nitro benzene ring substituents is 1. The molecular weight excluding hydrogens is 220 g/mol. The van der Waals surface area contributed by atoms with Crippen molar-refractivity contribution in [1.82, 2.24) is 0 Å². The van der Waals surface area contributed by atoms with Crippen LogP contribution < -0.4 is 4.90 Å². The maximum absolute atomic E-state index is 10.6. The molecule has 17 heavy (non-hydrogen) atoms. The summed E-state index contributed by atoms with van der Waals surface area (Å²) >= 11 is 0. The molecule has 2 fully saturated rings. The Hall–Kier alpha value is -1.62. The summed E-state index contributed by atoms with van der Waals surface area (Å²) in [6.07, 6.45) is 2.19. The van der Waals surface area contributed by atoms with Crippen molar-refractivity contribution >= 4 is 11.4 Å². The Kier molecular flexibility index (Phi) is 2.29. The summed E-state index contributed by atoms with van der Waals surface area (Å²) in [4.78, 5) is 12.4. The first-order chi connectivity index (χ1) is 8.19. The van der Waals surface area contributed by atoms with E-state index in [4.69, 9.17) is 4.74 Å². The fourth-order valence-electron chi connectivity index (χ4n) is 2.56. The lowest BCUT2D eigenvalue weighted by atomic mass is 9.94. The second kappa shape index (κ2) is 3.70. The van der Waals surface area contributed by atoms with E-state index in [-0.39, 0.29) is 16.2 Å². The largest absolute Gasteiger partial charge is 0.373 e. The van der Waals surface area contributed by atoms with Gasteiger partial charge in [0.2, 0.25) is 0 Å². The van der Waals surface area contributed by atoms with Crippen molar-refractivity contribution < 1.29 is 9.66 Å². The van der Waals surface area contributed by atoms with Gasteiger partial charge in [0, 0.05) is 37.3 Å². The van der Waals surface area contributed by atoms with Crippen molar-refractivity contribution in [3.05, 3.63) is 34.4 Å². The minimum Gasteiger partial charge on any atom is -0.373 e. The lowest BCUT2D eigenvalue weighted by molar-refractivity contribution is -0.384. The topological polar surface area (TPSA) is 55.6 Å². The van der Waals surface area contributed by atoms with E-state index < -0.39 is 0 Å². The van der Waals surface area contributed by atoms with E-state index in [1.165, 1.54) is 0 Å². The number of non-ortho nitro benzene ring substituents is 1. The van der Waals surface area contributed by atoms with Crippen molar-refractivity contribution in [3.8, 4) is 0 Å². The van der Waals surface area contributed by atoms with Crippen molar-refractivity contribution in [2.45, 2.75) is 18.4 Å². The summed E-state index contributed by atoms with van der Waals surface area (Å²) in [5, 5.41) is 10.6. The molecule has 2 aliphatic rings. The average Bonchev–Trinajstić information content (AvgIpc) is 2.74. The highest BCUT2D eigenvalue weighted by molar-refractivity contribution is 5.52. The zero-order chi connectivity index (χ0) is 11.9. The molecule has 0 unspecified atom stereocenters. The Morgan fingerprint density at radius 2 is 2.00 bits per heavy atom. The molecule has 2 heterocycles. The molecule has 2 saturated heterocycles. The van der Waals surface area contributed by atoms with Crippen molar-refractivity contribution in [1.29, 1.82) is 0 Å². The highest BCUT2D eigenvalue weighted by Gasteiger charge is 2.44. The van der Waals surface area contributed by atoms with Gasteiger partial charge in [-0.15, -0.1) is 0 Å². The Bertz CT molecular complexity index is 440. The lowest BCUT2D eigenvalue weighted by Crippen LogP contribution is -2.45. The van der Waals surface area contributed by atoms with Crippen LogP contribution in [0.15, 0.2) is 24.3 Å². The van der Waals surface area contributed by atoms with Gasteiger partial charge < -0.3 is 9.64 Å². The zero-order valence-electron chi connectivity index (χ0n) is 9.46.